The number of rotatable bonds is 5. The lowest BCUT2D eigenvalue weighted by molar-refractivity contribution is -0.122. The fraction of sp³-hybridized carbons (Fsp3) is 0.364. The molecule has 0 unspecified atom stereocenters. The zero-order chi connectivity index (χ0) is 11.1. The van der Waals surface area contributed by atoms with E-state index in [0.717, 1.165) is 5.56 Å². The molecule has 1 rings (SSSR count). The van der Waals surface area contributed by atoms with Gasteiger partial charge in [-0.05, 0) is 17.7 Å². The van der Waals surface area contributed by atoms with Crippen LogP contribution >= 0.6 is 0 Å². The molecule has 0 saturated heterocycles. The molecule has 0 saturated carbocycles. The molecular formula is C11H15NO3. The van der Waals surface area contributed by atoms with Crippen molar-refractivity contribution in [3.63, 3.8) is 0 Å². The summed E-state index contributed by atoms with van der Waals surface area (Å²) in [5.74, 6) is 0.189. The first-order valence-corrected chi connectivity index (χ1v) is 4.76. The lowest BCUT2D eigenvalue weighted by Gasteiger charge is -2.04. The quantitative estimate of drug-likeness (QED) is 0.762. The number of methoxy groups -OCH3 is 1. The van der Waals surface area contributed by atoms with E-state index in [1.807, 2.05) is 0 Å². The largest absolute Gasteiger partial charge is 0.508 e. The summed E-state index contributed by atoms with van der Waals surface area (Å²) in [6, 6.07) is 6.73. The molecule has 0 spiro atoms. The molecule has 4 nitrogen and oxygen atoms in total. The lowest BCUT2D eigenvalue weighted by Crippen LogP contribution is -2.23. The van der Waals surface area contributed by atoms with Crippen LogP contribution in [0, 0.1) is 0 Å². The maximum Gasteiger partial charge on any atom is 0.222 e. The smallest absolute Gasteiger partial charge is 0.222 e. The van der Waals surface area contributed by atoms with Crippen LogP contribution < -0.4 is 5.32 Å². The van der Waals surface area contributed by atoms with E-state index in [1.165, 1.54) is 0 Å². The maximum absolute atomic E-state index is 11.2. The van der Waals surface area contributed by atoms with Crippen LogP contribution in [-0.2, 0) is 16.1 Å². The standard InChI is InChI=1S/C11H15NO3/c1-15-7-6-11(14)12-8-9-2-4-10(13)5-3-9/h2-5,13H,6-8H2,1H3,(H,12,14). The number of aromatic hydroxyl groups is 1. The molecule has 4 heteroatoms. The van der Waals surface area contributed by atoms with E-state index in [9.17, 15) is 4.79 Å². The Hall–Kier alpha value is -1.55. The molecule has 1 aromatic rings. The van der Waals surface area contributed by atoms with E-state index in [4.69, 9.17) is 9.84 Å². The molecule has 15 heavy (non-hydrogen) atoms. The predicted octanol–water partition coefficient (Wildman–Crippen LogP) is 1.04. The van der Waals surface area contributed by atoms with Crippen LogP contribution in [0.5, 0.6) is 5.75 Å². The molecule has 0 radical (unpaired) electrons. The fourth-order valence-electron chi connectivity index (χ4n) is 1.10. The molecule has 2 N–H and O–H groups in total. The van der Waals surface area contributed by atoms with E-state index in [0.29, 0.717) is 19.6 Å². The lowest BCUT2D eigenvalue weighted by atomic mass is 10.2. The van der Waals surface area contributed by atoms with E-state index in [-0.39, 0.29) is 11.7 Å². The maximum atomic E-state index is 11.2. The monoisotopic (exact) mass is 209 g/mol. The second-order valence-corrected chi connectivity index (χ2v) is 3.19. The molecule has 1 aromatic carbocycles. The Bertz CT molecular complexity index is 308. The van der Waals surface area contributed by atoms with Crippen molar-refractivity contribution in [1.29, 1.82) is 0 Å². The molecular weight excluding hydrogens is 194 g/mol. The number of nitrogens with one attached hydrogen (secondary N) is 1. The first-order chi connectivity index (χ1) is 7.22. The minimum atomic E-state index is -0.0371. The Labute approximate surface area is 88.9 Å². The fourth-order valence-corrected chi connectivity index (χ4v) is 1.10. The molecule has 0 fully saturated rings. The van der Waals surface area contributed by atoms with Crippen molar-refractivity contribution >= 4 is 5.91 Å². The number of phenols is 1. The number of ether oxygens (including phenoxy) is 1. The van der Waals surface area contributed by atoms with Gasteiger partial charge in [0.2, 0.25) is 5.91 Å². The summed E-state index contributed by atoms with van der Waals surface area (Å²) in [7, 11) is 1.56. The zero-order valence-electron chi connectivity index (χ0n) is 8.69. The minimum absolute atomic E-state index is 0.0371. The van der Waals surface area contributed by atoms with Crippen LogP contribution in [0.25, 0.3) is 0 Å². The van der Waals surface area contributed by atoms with Crippen molar-refractivity contribution in [3.05, 3.63) is 29.8 Å². The Balaban J connectivity index is 2.30. The van der Waals surface area contributed by atoms with Crippen molar-refractivity contribution in [1.82, 2.24) is 5.32 Å². The highest BCUT2D eigenvalue weighted by molar-refractivity contribution is 5.75. The molecule has 82 valence electrons. The van der Waals surface area contributed by atoms with Crippen molar-refractivity contribution in [2.24, 2.45) is 0 Å². The molecule has 0 aromatic heterocycles. The van der Waals surface area contributed by atoms with Crippen LogP contribution in [0.15, 0.2) is 24.3 Å². The van der Waals surface area contributed by atoms with E-state index >= 15 is 0 Å². The molecule has 0 aliphatic heterocycles. The number of hydrogen-bond acceptors (Lipinski definition) is 3. The van der Waals surface area contributed by atoms with E-state index in [2.05, 4.69) is 5.32 Å². The van der Waals surface area contributed by atoms with Crippen LogP contribution in [0.1, 0.15) is 12.0 Å². The van der Waals surface area contributed by atoms with Crippen LogP contribution in [-0.4, -0.2) is 24.7 Å². The number of carbonyl (C=O) groups excluding carboxylic acids is 1. The first-order valence-electron chi connectivity index (χ1n) is 4.76. The second-order valence-electron chi connectivity index (χ2n) is 3.19. The predicted molar refractivity (Wildman–Crippen MR) is 56.4 cm³/mol. The Morgan fingerprint density at radius 2 is 2.07 bits per heavy atom. The summed E-state index contributed by atoms with van der Waals surface area (Å²) in [5, 5.41) is 11.8. The average molecular weight is 209 g/mol. The molecule has 0 aliphatic rings. The summed E-state index contributed by atoms with van der Waals surface area (Å²) >= 11 is 0. The highest BCUT2D eigenvalue weighted by Crippen LogP contribution is 2.09. The third kappa shape index (κ3) is 4.46. The first kappa shape index (κ1) is 11.5. The Morgan fingerprint density at radius 1 is 1.40 bits per heavy atom. The summed E-state index contributed by atoms with van der Waals surface area (Å²) in [5.41, 5.74) is 0.957. The third-order valence-corrected chi connectivity index (χ3v) is 1.96. The number of carbonyl (C=O) groups is 1. The number of phenolic OH excluding ortho intramolecular Hbond substituents is 1. The molecule has 0 heterocycles. The van der Waals surface area contributed by atoms with Crippen molar-refractivity contribution in [3.8, 4) is 5.75 Å². The van der Waals surface area contributed by atoms with Crippen molar-refractivity contribution < 1.29 is 14.6 Å². The van der Waals surface area contributed by atoms with Crippen molar-refractivity contribution in [2.75, 3.05) is 13.7 Å². The van der Waals surface area contributed by atoms with Gasteiger partial charge in [-0.15, -0.1) is 0 Å². The third-order valence-electron chi connectivity index (χ3n) is 1.96. The van der Waals surface area contributed by atoms with E-state index < -0.39 is 0 Å². The van der Waals surface area contributed by atoms with E-state index in [1.54, 1.807) is 31.4 Å². The van der Waals surface area contributed by atoms with Gasteiger partial charge in [0.05, 0.1) is 6.61 Å². The van der Waals surface area contributed by atoms with Gasteiger partial charge >= 0.3 is 0 Å². The second kappa shape index (κ2) is 6.03. The molecule has 0 atom stereocenters. The SMILES string of the molecule is COCCC(=O)NCc1ccc(O)cc1. The Kier molecular flexibility index (Phi) is 4.63. The topological polar surface area (TPSA) is 58.6 Å². The number of hydrogen-bond donors (Lipinski definition) is 2. The summed E-state index contributed by atoms with van der Waals surface area (Å²) < 4.78 is 4.79. The number of amides is 1. The van der Waals surface area contributed by atoms with Gasteiger partial charge in [-0.25, -0.2) is 0 Å². The minimum Gasteiger partial charge on any atom is -0.508 e. The van der Waals surface area contributed by atoms with Gasteiger partial charge in [-0.3, -0.25) is 4.79 Å². The molecule has 0 bridgehead atoms. The average Bonchev–Trinajstić information content (AvgIpc) is 2.25. The van der Waals surface area contributed by atoms with Crippen LogP contribution in [0.3, 0.4) is 0 Å². The van der Waals surface area contributed by atoms with Gasteiger partial charge < -0.3 is 15.2 Å². The number of benzene rings is 1. The summed E-state index contributed by atoms with van der Waals surface area (Å²) in [6.07, 6.45) is 0.370. The van der Waals surface area contributed by atoms with Crippen molar-refractivity contribution in [2.45, 2.75) is 13.0 Å². The molecule has 1 amide bonds. The summed E-state index contributed by atoms with van der Waals surface area (Å²) in [6.45, 7) is 0.907. The summed E-state index contributed by atoms with van der Waals surface area (Å²) in [4.78, 5) is 11.2. The van der Waals surface area contributed by atoms with Crippen LogP contribution in [0.4, 0.5) is 0 Å². The van der Waals surface area contributed by atoms with Gasteiger partial charge in [0, 0.05) is 20.1 Å². The zero-order valence-corrected chi connectivity index (χ0v) is 8.69. The van der Waals surface area contributed by atoms with Gasteiger partial charge in [0.25, 0.3) is 0 Å². The van der Waals surface area contributed by atoms with Gasteiger partial charge in [0.15, 0.2) is 0 Å². The van der Waals surface area contributed by atoms with Gasteiger partial charge in [-0.2, -0.15) is 0 Å². The molecule has 0 aliphatic carbocycles. The normalized spacial score (nSPS) is 9.93. The Morgan fingerprint density at radius 3 is 2.67 bits per heavy atom. The van der Waals surface area contributed by atoms with Gasteiger partial charge in [0.1, 0.15) is 5.75 Å². The van der Waals surface area contributed by atoms with Gasteiger partial charge in [-0.1, -0.05) is 12.1 Å². The van der Waals surface area contributed by atoms with Crippen LogP contribution in [0.2, 0.25) is 0 Å². The highest BCUT2D eigenvalue weighted by atomic mass is 16.5. The highest BCUT2D eigenvalue weighted by Gasteiger charge is 2.00.